The molecule has 4 nitrogen and oxygen atoms in total. The lowest BCUT2D eigenvalue weighted by Crippen LogP contribution is -2.58. The maximum absolute atomic E-state index is 4.29. The molecule has 2 unspecified atom stereocenters. The van der Waals surface area contributed by atoms with E-state index in [0.29, 0.717) is 6.04 Å². The molecule has 1 aromatic rings. The number of aromatic nitrogens is 2. The lowest BCUT2D eigenvalue weighted by atomic mass is 9.82. The topological polar surface area (TPSA) is 33.1 Å². The Balaban J connectivity index is 1.60. The predicted molar refractivity (Wildman–Crippen MR) is 86.3 cm³/mol. The Morgan fingerprint density at radius 3 is 2.81 bits per heavy atom. The van der Waals surface area contributed by atoms with Crippen molar-refractivity contribution in [1.29, 1.82) is 0 Å². The number of hydrogen-bond donors (Lipinski definition) is 1. The van der Waals surface area contributed by atoms with E-state index < -0.39 is 0 Å². The Kier molecular flexibility index (Phi) is 4.96. The van der Waals surface area contributed by atoms with Crippen LogP contribution in [0.4, 0.5) is 0 Å². The first-order chi connectivity index (χ1) is 10.2. The smallest absolute Gasteiger partial charge is 0.0522 e. The van der Waals surface area contributed by atoms with Gasteiger partial charge in [0.15, 0.2) is 0 Å². The van der Waals surface area contributed by atoms with Gasteiger partial charge >= 0.3 is 0 Å². The van der Waals surface area contributed by atoms with Crippen LogP contribution in [0.15, 0.2) is 12.4 Å². The quantitative estimate of drug-likeness (QED) is 0.923. The van der Waals surface area contributed by atoms with Crippen molar-refractivity contribution in [3.8, 4) is 0 Å². The van der Waals surface area contributed by atoms with Crippen molar-refractivity contribution in [2.45, 2.75) is 57.5 Å². The summed E-state index contributed by atoms with van der Waals surface area (Å²) in [5.41, 5.74) is 1.37. The molecule has 4 heteroatoms. The van der Waals surface area contributed by atoms with Crippen LogP contribution in [0.1, 0.15) is 44.6 Å². The molecule has 1 saturated heterocycles. The van der Waals surface area contributed by atoms with E-state index in [1.165, 1.54) is 57.3 Å². The van der Waals surface area contributed by atoms with Gasteiger partial charge in [0.25, 0.3) is 0 Å². The van der Waals surface area contributed by atoms with Gasteiger partial charge < -0.3 is 5.32 Å². The van der Waals surface area contributed by atoms with E-state index in [1.807, 2.05) is 17.9 Å². The largest absolute Gasteiger partial charge is 0.311 e. The molecule has 0 amide bonds. The van der Waals surface area contributed by atoms with Crippen LogP contribution in [-0.2, 0) is 13.5 Å². The van der Waals surface area contributed by atoms with Crippen LogP contribution in [0.3, 0.4) is 0 Å². The first-order valence-electron chi connectivity index (χ1n) is 8.67. The van der Waals surface area contributed by atoms with Crippen molar-refractivity contribution in [2.24, 2.45) is 13.0 Å². The van der Waals surface area contributed by atoms with Crippen molar-refractivity contribution in [3.63, 3.8) is 0 Å². The summed E-state index contributed by atoms with van der Waals surface area (Å²) in [6.45, 7) is 5.87. The fourth-order valence-electron chi connectivity index (χ4n) is 4.12. The summed E-state index contributed by atoms with van der Waals surface area (Å²) < 4.78 is 1.91. The first-order valence-corrected chi connectivity index (χ1v) is 8.67. The Bertz CT molecular complexity index is 436. The minimum Gasteiger partial charge on any atom is -0.311 e. The fourth-order valence-corrected chi connectivity index (χ4v) is 4.12. The third-order valence-electron chi connectivity index (χ3n) is 5.29. The van der Waals surface area contributed by atoms with E-state index in [2.05, 4.69) is 28.4 Å². The number of piperazine rings is 1. The summed E-state index contributed by atoms with van der Waals surface area (Å²) in [6.07, 6.45) is 12.5. The van der Waals surface area contributed by atoms with E-state index in [1.54, 1.807) is 0 Å². The summed E-state index contributed by atoms with van der Waals surface area (Å²) in [5.74, 6) is 0.910. The molecule has 2 fully saturated rings. The molecule has 1 N–H and O–H groups in total. The van der Waals surface area contributed by atoms with E-state index in [4.69, 9.17) is 0 Å². The average Bonchev–Trinajstić information content (AvgIpc) is 2.92. The number of nitrogens with zero attached hydrogens (tertiary/aromatic N) is 3. The number of rotatable bonds is 4. The molecular weight excluding hydrogens is 260 g/mol. The highest BCUT2D eigenvalue weighted by molar-refractivity contribution is 5.04. The molecule has 0 aromatic carbocycles. The van der Waals surface area contributed by atoms with Gasteiger partial charge in [-0.2, -0.15) is 5.10 Å². The Hall–Kier alpha value is -0.870. The van der Waals surface area contributed by atoms with Crippen LogP contribution < -0.4 is 5.32 Å². The molecule has 0 bridgehead atoms. The number of hydrogen-bond acceptors (Lipinski definition) is 3. The Morgan fingerprint density at radius 1 is 1.29 bits per heavy atom. The molecule has 1 saturated carbocycles. The third kappa shape index (κ3) is 3.86. The van der Waals surface area contributed by atoms with E-state index in [0.717, 1.165) is 18.4 Å². The first kappa shape index (κ1) is 15.0. The lowest BCUT2D eigenvalue weighted by Gasteiger charge is -2.44. The van der Waals surface area contributed by atoms with Crippen LogP contribution in [0, 0.1) is 5.92 Å². The summed E-state index contributed by atoms with van der Waals surface area (Å²) in [4.78, 5) is 2.75. The van der Waals surface area contributed by atoms with Crippen molar-refractivity contribution < 1.29 is 0 Å². The van der Waals surface area contributed by atoms with Gasteiger partial charge in [-0.05, 0) is 37.7 Å². The highest BCUT2D eigenvalue weighted by atomic mass is 15.2. The molecular formula is C17H30N4. The standard InChI is InChI=1S/C17H30N4/c1-14-12-21(9-8-15-10-19-20(2)13-15)17(11-18-14)16-6-4-3-5-7-16/h10,13-14,16-18H,3-9,11-12H2,1-2H3. The van der Waals surface area contributed by atoms with Crippen molar-refractivity contribution in [1.82, 2.24) is 20.0 Å². The third-order valence-corrected chi connectivity index (χ3v) is 5.29. The minimum atomic E-state index is 0.624. The maximum Gasteiger partial charge on any atom is 0.0522 e. The van der Waals surface area contributed by atoms with Crippen LogP contribution in [0.25, 0.3) is 0 Å². The molecule has 2 aliphatic rings. The van der Waals surface area contributed by atoms with E-state index in [-0.39, 0.29) is 0 Å². The van der Waals surface area contributed by atoms with Crippen LogP contribution in [0.2, 0.25) is 0 Å². The summed E-state index contributed by atoms with van der Waals surface area (Å²) in [5, 5.41) is 7.99. The van der Waals surface area contributed by atoms with Gasteiger partial charge in [-0.25, -0.2) is 0 Å². The predicted octanol–water partition coefficient (Wildman–Crippen LogP) is 2.21. The Morgan fingerprint density at radius 2 is 2.10 bits per heavy atom. The molecule has 0 radical (unpaired) electrons. The lowest BCUT2D eigenvalue weighted by molar-refractivity contribution is 0.0764. The van der Waals surface area contributed by atoms with Crippen molar-refractivity contribution in [3.05, 3.63) is 18.0 Å². The van der Waals surface area contributed by atoms with Gasteiger partial charge in [-0.3, -0.25) is 9.58 Å². The van der Waals surface area contributed by atoms with E-state index in [9.17, 15) is 0 Å². The molecule has 2 heterocycles. The van der Waals surface area contributed by atoms with Gasteiger partial charge in [-0.15, -0.1) is 0 Å². The summed E-state index contributed by atoms with van der Waals surface area (Å²) >= 11 is 0. The highest BCUT2D eigenvalue weighted by Crippen LogP contribution is 2.30. The molecule has 1 aliphatic carbocycles. The van der Waals surface area contributed by atoms with Crippen LogP contribution in [0.5, 0.6) is 0 Å². The number of aryl methyl sites for hydroxylation is 1. The minimum absolute atomic E-state index is 0.624. The average molecular weight is 290 g/mol. The molecule has 0 spiro atoms. The van der Waals surface area contributed by atoms with Crippen molar-refractivity contribution >= 4 is 0 Å². The second-order valence-electron chi connectivity index (χ2n) is 7.04. The maximum atomic E-state index is 4.29. The molecule has 118 valence electrons. The normalized spacial score (nSPS) is 28.9. The van der Waals surface area contributed by atoms with Gasteiger partial charge in [0, 0.05) is 45.0 Å². The van der Waals surface area contributed by atoms with Crippen molar-refractivity contribution in [2.75, 3.05) is 19.6 Å². The molecule has 3 rings (SSSR count). The molecule has 21 heavy (non-hydrogen) atoms. The van der Waals surface area contributed by atoms with Gasteiger partial charge in [0.1, 0.15) is 0 Å². The fraction of sp³-hybridized carbons (Fsp3) is 0.824. The van der Waals surface area contributed by atoms with Crippen LogP contribution >= 0.6 is 0 Å². The van der Waals surface area contributed by atoms with E-state index >= 15 is 0 Å². The van der Waals surface area contributed by atoms with Gasteiger partial charge in [-0.1, -0.05) is 19.3 Å². The monoisotopic (exact) mass is 290 g/mol. The zero-order valence-corrected chi connectivity index (χ0v) is 13.6. The van der Waals surface area contributed by atoms with Crippen LogP contribution in [-0.4, -0.2) is 46.4 Å². The molecule has 2 atom stereocenters. The second-order valence-corrected chi connectivity index (χ2v) is 7.04. The van der Waals surface area contributed by atoms with Gasteiger partial charge in [0.2, 0.25) is 0 Å². The SMILES string of the molecule is CC1CN(CCc2cnn(C)c2)C(C2CCCCC2)CN1. The number of nitrogens with one attached hydrogen (secondary N) is 1. The second kappa shape index (κ2) is 6.93. The van der Waals surface area contributed by atoms with Gasteiger partial charge in [0.05, 0.1) is 6.20 Å². The zero-order chi connectivity index (χ0) is 14.7. The Labute approximate surface area is 128 Å². The highest BCUT2D eigenvalue weighted by Gasteiger charge is 2.32. The zero-order valence-electron chi connectivity index (χ0n) is 13.6. The summed E-state index contributed by atoms with van der Waals surface area (Å²) in [7, 11) is 2.00. The molecule has 1 aromatic heterocycles. The summed E-state index contributed by atoms with van der Waals surface area (Å²) in [6, 6.07) is 1.37. The molecule has 1 aliphatic heterocycles.